The van der Waals surface area contributed by atoms with Crippen molar-refractivity contribution in [1.82, 2.24) is 0 Å². The summed E-state index contributed by atoms with van der Waals surface area (Å²) in [5.41, 5.74) is 6.31. The van der Waals surface area contributed by atoms with Crippen LogP contribution in [0.5, 0.6) is 5.75 Å². The number of ether oxygens (including phenoxy) is 1. The van der Waals surface area contributed by atoms with Crippen molar-refractivity contribution in [2.45, 2.75) is 12.5 Å². The SMILES string of the molecule is NCc1cc(OCC(F)(F)c2ccccc2)ccc1Br. The highest BCUT2D eigenvalue weighted by molar-refractivity contribution is 9.10. The standard InChI is InChI=1S/C15H14BrF2NO/c16-14-7-6-13(8-11(14)9-19)20-10-15(17,18)12-4-2-1-3-5-12/h1-8H,9-10,19H2. The monoisotopic (exact) mass is 341 g/mol. The third-order valence-corrected chi connectivity index (χ3v) is 3.63. The van der Waals surface area contributed by atoms with Gasteiger partial charge in [0.25, 0.3) is 0 Å². The third-order valence-electron chi connectivity index (χ3n) is 2.85. The Balaban J connectivity index is 2.08. The molecule has 0 aliphatic heterocycles. The number of halogens is 3. The third kappa shape index (κ3) is 3.55. The molecule has 2 aromatic rings. The predicted octanol–water partition coefficient (Wildman–Crippen LogP) is 4.08. The van der Waals surface area contributed by atoms with Crippen LogP contribution in [0.15, 0.2) is 53.0 Å². The Morgan fingerprint density at radius 3 is 2.45 bits per heavy atom. The maximum absolute atomic E-state index is 13.9. The van der Waals surface area contributed by atoms with E-state index < -0.39 is 12.5 Å². The maximum atomic E-state index is 13.9. The molecule has 0 heterocycles. The van der Waals surface area contributed by atoms with Gasteiger partial charge in [-0.05, 0) is 23.8 Å². The van der Waals surface area contributed by atoms with E-state index in [0.717, 1.165) is 10.0 Å². The zero-order valence-electron chi connectivity index (χ0n) is 10.7. The number of hydrogen-bond donors (Lipinski definition) is 1. The largest absolute Gasteiger partial charge is 0.487 e. The molecule has 2 N–H and O–H groups in total. The summed E-state index contributed by atoms with van der Waals surface area (Å²) in [6, 6.07) is 12.6. The van der Waals surface area contributed by atoms with Gasteiger partial charge in [-0.15, -0.1) is 0 Å². The van der Waals surface area contributed by atoms with Gasteiger partial charge in [-0.2, -0.15) is 8.78 Å². The molecular formula is C15H14BrF2NO. The average molecular weight is 342 g/mol. The molecule has 0 saturated heterocycles. The summed E-state index contributed by atoms with van der Waals surface area (Å²) in [6.45, 7) is -0.393. The fourth-order valence-corrected chi connectivity index (χ4v) is 2.15. The topological polar surface area (TPSA) is 35.2 Å². The normalized spacial score (nSPS) is 11.4. The van der Waals surface area contributed by atoms with Crippen molar-refractivity contribution in [3.63, 3.8) is 0 Å². The van der Waals surface area contributed by atoms with Crippen molar-refractivity contribution in [2.24, 2.45) is 5.73 Å². The molecule has 0 radical (unpaired) electrons. The summed E-state index contributed by atoms with van der Waals surface area (Å²) in [5.74, 6) is -2.65. The molecule has 2 nitrogen and oxygen atoms in total. The van der Waals surface area contributed by atoms with Gasteiger partial charge in [-0.3, -0.25) is 0 Å². The van der Waals surface area contributed by atoms with Gasteiger partial charge >= 0.3 is 5.92 Å². The van der Waals surface area contributed by atoms with E-state index in [2.05, 4.69) is 15.9 Å². The van der Waals surface area contributed by atoms with Crippen molar-refractivity contribution < 1.29 is 13.5 Å². The minimum Gasteiger partial charge on any atom is -0.487 e. The molecule has 5 heteroatoms. The zero-order valence-corrected chi connectivity index (χ0v) is 12.2. The fourth-order valence-electron chi connectivity index (χ4n) is 1.74. The number of alkyl halides is 2. The predicted molar refractivity (Wildman–Crippen MR) is 77.9 cm³/mol. The first-order valence-corrected chi connectivity index (χ1v) is 6.87. The zero-order chi connectivity index (χ0) is 14.6. The van der Waals surface area contributed by atoms with Crippen molar-refractivity contribution in [2.75, 3.05) is 6.61 Å². The lowest BCUT2D eigenvalue weighted by Gasteiger charge is -2.18. The highest BCUT2D eigenvalue weighted by Crippen LogP contribution is 2.29. The van der Waals surface area contributed by atoms with Crippen LogP contribution < -0.4 is 10.5 Å². The van der Waals surface area contributed by atoms with E-state index in [1.165, 1.54) is 12.1 Å². The number of hydrogen-bond acceptors (Lipinski definition) is 2. The Bertz CT molecular complexity index is 575. The van der Waals surface area contributed by atoms with E-state index >= 15 is 0 Å². The van der Waals surface area contributed by atoms with Crippen LogP contribution in [0, 0.1) is 0 Å². The number of rotatable bonds is 5. The first-order valence-electron chi connectivity index (χ1n) is 6.07. The Hall–Kier alpha value is -1.46. The molecule has 0 fully saturated rings. The van der Waals surface area contributed by atoms with Crippen LogP contribution in [0.1, 0.15) is 11.1 Å². The summed E-state index contributed by atoms with van der Waals surface area (Å²) in [6.07, 6.45) is 0. The van der Waals surface area contributed by atoms with Crippen LogP contribution in [-0.2, 0) is 12.5 Å². The molecule has 0 atom stereocenters. The van der Waals surface area contributed by atoms with E-state index in [1.807, 2.05) is 0 Å². The molecule has 2 rings (SSSR count). The minimum atomic E-state index is -3.03. The van der Waals surface area contributed by atoms with Gasteiger partial charge in [0.1, 0.15) is 5.75 Å². The molecule has 106 valence electrons. The summed E-state index contributed by atoms with van der Waals surface area (Å²) >= 11 is 3.33. The van der Waals surface area contributed by atoms with Gasteiger partial charge in [-0.25, -0.2) is 0 Å². The van der Waals surface area contributed by atoms with E-state index in [9.17, 15) is 8.78 Å². The van der Waals surface area contributed by atoms with E-state index in [0.29, 0.717) is 12.3 Å². The van der Waals surface area contributed by atoms with Crippen molar-refractivity contribution in [1.29, 1.82) is 0 Å². The lowest BCUT2D eigenvalue weighted by Crippen LogP contribution is -2.23. The molecule has 0 aliphatic rings. The first-order chi connectivity index (χ1) is 9.53. The summed E-state index contributed by atoms with van der Waals surface area (Å²) in [5, 5.41) is 0. The second-order valence-electron chi connectivity index (χ2n) is 4.32. The van der Waals surface area contributed by atoms with E-state index in [-0.39, 0.29) is 5.56 Å². The highest BCUT2D eigenvalue weighted by Gasteiger charge is 2.32. The maximum Gasteiger partial charge on any atom is 0.306 e. The molecule has 0 bridgehead atoms. The van der Waals surface area contributed by atoms with Crippen LogP contribution in [0.3, 0.4) is 0 Å². The fraction of sp³-hybridized carbons (Fsp3) is 0.200. The van der Waals surface area contributed by atoms with E-state index in [1.54, 1.807) is 36.4 Å². The van der Waals surface area contributed by atoms with E-state index in [4.69, 9.17) is 10.5 Å². The number of nitrogens with two attached hydrogens (primary N) is 1. The van der Waals surface area contributed by atoms with Crippen LogP contribution in [0.25, 0.3) is 0 Å². The van der Waals surface area contributed by atoms with Crippen LogP contribution >= 0.6 is 15.9 Å². The minimum absolute atomic E-state index is 0.0591. The van der Waals surface area contributed by atoms with Crippen LogP contribution in [0.2, 0.25) is 0 Å². The Kier molecular flexibility index (Phi) is 4.73. The Labute approximate surface area is 124 Å². The van der Waals surface area contributed by atoms with Crippen molar-refractivity contribution in [3.05, 3.63) is 64.1 Å². The van der Waals surface area contributed by atoms with Crippen molar-refractivity contribution >= 4 is 15.9 Å². The van der Waals surface area contributed by atoms with Gasteiger partial charge in [0.15, 0.2) is 6.61 Å². The summed E-state index contributed by atoms with van der Waals surface area (Å²) < 4.78 is 33.9. The molecule has 0 amide bonds. The second kappa shape index (κ2) is 6.33. The van der Waals surface area contributed by atoms with Crippen LogP contribution in [-0.4, -0.2) is 6.61 Å². The van der Waals surface area contributed by atoms with Gasteiger partial charge in [0.05, 0.1) is 0 Å². The molecule has 20 heavy (non-hydrogen) atoms. The lowest BCUT2D eigenvalue weighted by atomic mass is 10.1. The first kappa shape index (κ1) is 14.9. The molecule has 0 spiro atoms. The highest BCUT2D eigenvalue weighted by atomic mass is 79.9. The second-order valence-corrected chi connectivity index (χ2v) is 5.17. The molecule has 0 saturated carbocycles. The summed E-state index contributed by atoms with van der Waals surface area (Å²) in [7, 11) is 0. The quantitative estimate of drug-likeness (QED) is 0.889. The Morgan fingerprint density at radius 1 is 1.10 bits per heavy atom. The summed E-state index contributed by atoms with van der Waals surface area (Å²) in [4.78, 5) is 0. The van der Waals surface area contributed by atoms with Gasteiger partial charge in [-0.1, -0.05) is 46.3 Å². The van der Waals surface area contributed by atoms with Crippen molar-refractivity contribution in [3.8, 4) is 5.75 Å². The van der Waals surface area contributed by atoms with Gasteiger partial charge in [0, 0.05) is 16.6 Å². The van der Waals surface area contributed by atoms with Gasteiger partial charge in [0.2, 0.25) is 0 Å². The number of benzene rings is 2. The lowest BCUT2D eigenvalue weighted by molar-refractivity contribution is -0.0467. The smallest absolute Gasteiger partial charge is 0.306 e. The van der Waals surface area contributed by atoms with Gasteiger partial charge < -0.3 is 10.5 Å². The molecule has 0 aromatic heterocycles. The molecular weight excluding hydrogens is 328 g/mol. The molecule has 2 aromatic carbocycles. The molecule has 0 unspecified atom stereocenters. The Morgan fingerprint density at radius 2 is 1.80 bits per heavy atom. The molecule has 0 aliphatic carbocycles. The van der Waals surface area contributed by atoms with Crippen LogP contribution in [0.4, 0.5) is 8.78 Å². The average Bonchev–Trinajstić information content (AvgIpc) is 2.47.